The molecule has 40 valence electrons. The predicted octanol–water partition coefficient (Wildman–Crippen LogP) is 2.22. The Kier molecular flexibility index (Phi) is 1.18. The van der Waals surface area contributed by atoms with Crippen LogP contribution in [0.4, 0.5) is 0 Å². The summed E-state index contributed by atoms with van der Waals surface area (Å²) in [6.07, 6.45) is 5.86. The minimum absolute atomic E-state index is 0.833. The molecule has 0 heteroatoms. The molecule has 0 heterocycles. The van der Waals surface area contributed by atoms with Crippen LogP contribution in [-0.4, -0.2) is 0 Å². The Morgan fingerprint density at radius 1 is 1.43 bits per heavy atom. The SMILES string of the molecule is C[C@@H]1CC=C[C@@H]1C. The highest BCUT2D eigenvalue weighted by Crippen LogP contribution is 2.22. The summed E-state index contributed by atoms with van der Waals surface area (Å²) in [5.41, 5.74) is 0. The molecule has 0 radical (unpaired) electrons. The fraction of sp³-hybridized carbons (Fsp3) is 0.714. The summed E-state index contributed by atoms with van der Waals surface area (Å²) in [7, 11) is 0. The summed E-state index contributed by atoms with van der Waals surface area (Å²) in [5, 5.41) is 0. The quantitative estimate of drug-likeness (QED) is 0.406. The Morgan fingerprint density at radius 3 is 2.29 bits per heavy atom. The molecule has 1 aliphatic rings. The molecule has 0 amide bonds. The molecule has 0 aromatic heterocycles. The van der Waals surface area contributed by atoms with Gasteiger partial charge in [-0.15, -0.1) is 0 Å². The summed E-state index contributed by atoms with van der Waals surface area (Å²) in [6, 6.07) is 0. The van der Waals surface area contributed by atoms with E-state index in [1.165, 1.54) is 6.42 Å². The van der Waals surface area contributed by atoms with Gasteiger partial charge in [-0.2, -0.15) is 0 Å². The van der Waals surface area contributed by atoms with E-state index in [9.17, 15) is 0 Å². The number of hydrogen-bond acceptors (Lipinski definition) is 0. The Bertz CT molecular complexity index is 82.0. The molecular weight excluding hydrogens is 84.1 g/mol. The zero-order valence-electron chi connectivity index (χ0n) is 5.02. The molecule has 0 aliphatic heterocycles. The number of allylic oxidation sites excluding steroid dienone is 2. The first-order valence-corrected chi connectivity index (χ1v) is 2.97. The maximum atomic E-state index is 2.30. The lowest BCUT2D eigenvalue weighted by Gasteiger charge is -2.04. The van der Waals surface area contributed by atoms with Crippen molar-refractivity contribution in [2.24, 2.45) is 11.8 Å². The van der Waals surface area contributed by atoms with E-state index in [1.54, 1.807) is 0 Å². The highest BCUT2D eigenvalue weighted by molar-refractivity contribution is 4.97. The van der Waals surface area contributed by atoms with Crippen LogP contribution in [0.5, 0.6) is 0 Å². The van der Waals surface area contributed by atoms with Crippen LogP contribution in [0.25, 0.3) is 0 Å². The Hall–Kier alpha value is -0.260. The van der Waals surface area contributed by atoms with E-state index in [0.29, 0.717) is 0 Å². The molecule has 0 bridgehead atoms. The fourth-order valence-electron chi connectivity index (χ4n) is 0.912. The lowest BCUT2D eigenvalue weighted by molar-refractivity contribution is 0.498. The number of rotatable bonds is 0. The van der Waals surface area contributed by atoms with E-state index >= 15 is 0 Å². The molecule has 2 atom stereocenters. The van der Waals surface area contributed by atoms with Crippen molar-refractivity contribution < 1.29 is 0 Å². The molecule has 0 unspecified atom stereocenters. The van der Waals surface area contributed by atoms with Gasteiger partial charge in [-0.25, -0.2) is 0 Å². The zero-order valence-corrected chi connectivity index (χ0v) is 5.02. The third kappa shape index (κ3) is 0.846. The standard InChI is InChI=1S/C7H12/c1-6-4-3-5-7(6)2/h3-4,6-7H,5H2,1-2H3/t6-,7+/m0/s1. The van der Waals surface area contributed by atoms with Crippen molar-refractivity contribution in [2.75, 3.05) is 0 Å². The monoisotopic (exact) mass is 96.1 g/mol. The second-order valence-corrected chi connectivity index (χ2v) is 2.50. The maximum Gasteiger partial charge on any atom is -0.0233 e. The topological polar surface area (TPSA) is 0 Å². The van der Waals surface area contributed by atoms with Crippen molar-refractivity contribution in [1.29, 1.82) is 0 Å². The van der Waals surface area contributed by atoms with Gasteiger partial charge in [0.05, 0.1) is 0 Å². The molecule has 0 saturated heterocycles. The molecule has 7 heavy (non-hydrogen) atoms. The van der Waals surface area contributed by atoms with Crippen molar-refractivity contribution in [2.45, 2.75) is 20.3 Å². The molecule has 0 saturated carbocycles. The first-order chi connectivity index (χ1) is 3.30. The van der Waals surface area contributed by atoms with E-state index in [2.05, 4.69) is 26.0 Å². The molecule has 0 aromatic carbocycles. The molecule has 1 rings (SSSR count). The van der Waals surface area contributed by atoms with Gasteiger partial charge >= 0.3 is 0 Å². The van der Waals surface area contributed by atoms with Crippen molar-refractivity contribution >= 4 is 0 Å². The van der Waals surface area contributed by atoms with Gasteiger partial charge in [-0.3, -0.25) is 0 Å². The molecule has 0 aromatic rings. The third-order valence-corrected chi connectivity index (χ3v) is 1.85. The molecule has 0 spiro atoms. The summed E-state index contributed by atoms with van der Waals surface area (Å²) in [6.45, 7) is 4.57. The second kappa shape index (κ2) is 1.69. The van der Waals surface area contributed by atoms with Gasteiger partial charge in [0.2, 0.25) is 0 Å². The molecular formula is C7H12. The van der Waals surface area contributed by atoms with Gasteiger partial charge < -0.3 is 0 Å². The van der Waals surface area contributed by atoms with E-state index in [4.69, 9.17) is 0 Å². The lowest BCUT2D eigenvalue weighted by atomic mass is 10.0. The Labute approximate surface area is 45.2 Å². The van der Waals surface area contributed by atoms with Gasteiger partial charge in [-0.1, -0.05) is 26.0 Å². The van der Waals surface area contributed by atoms with Crippen LogP contribution < -0.4 is 0 Å². The fourth-order valence-corrected chi connectivity index (χ4v) is 0.912. The normalized spacial score (nSPS) is 39.7. The highest BCUT2D eigenvalue weighted by atomic mass is 14.2. The summed E-state index contributed by atoms with van der Waals surface area (Å²) in [5.74, 6) is 1.74. The third-order valence-electron chi connectivity index (χ3n) is 1.85. The van der Waals surface area contributed by atoms with Gasteiger partial charge in [-0.05, 0) is 18.3 Å². The van der Waals surface area contributed by atoms with Crippen LogP contribution in [0.1, 0.15) is 20.3 Å². The van der Waals surface area contributed by atoms with Crippen molar-refractivity contribution in [3.8, 4) is 0 Å². The number of hydrogen-bond donors (Lipinski definition) is 0. The molecule has 0 nitrogen and oxygen atoms in total. The minimum atomic E-state index is 0.833. The molecule has 0 N–H and O–H groups in total. The van der Waals surface area contributed by atoms with Crippen molar-refractivity contribution in [3.05, 3.63) is 12.2 Å². The van der Waals surface area contributed by atoms with E-state index in [1.807, 2.05) is 0 Å². The van der Waals surface area contributed by atoms with E-state index < -0.39 is 0 Å². The van der Waals surface area contributed by atoms with Crippen LogP contribution in [0.3, 0.4) is 0 Å². The van der Waals surface area contributed by atoms with Crippen LogP contribution in [0.2, 0.25) is 0 Å². The van der Waals surface area contributed by atoms with Gasteiger partial charge in [0, 0.05) is 0 Å². The summed E-state index contributed by atoms with van der Waals surface area (Å²) in [4.78, 5) is 0. The van der Waals surface area contributed by atoms with E-state index in [-0.39, 0.29) is 0 Å². The van der Waals surface area contributed by atoms with Crippen LogP contribution in [0.15, 0.2) is 12.2 Å². The molecule has 1 aliphatic carbocycles. The lowest BCUT2D eigenvalue weighted by Crippen LogP contribution is -1.96. The minimum Gasteiger partial charge on any atom is -0.0880 e. The summed E-state index contributed by atoms with van der Waals surface area (Å²) >= 11 is 0. The van der Waals surface area contributed by atoms with Crippen LogP contribution in [0, 0.1) is 11.8 Å². The average molecular weight is 96.2 g/mol. The van der Waals surface area contributed by atoms with Crippen LogP contribution >= 0.6 is 0 Å². The Morgan fingerprint density at radius 2 is 2.14 bits per heavy atom. The maximum absolute atomic E-state index is 2.30. The second-order valence-electron chi connectivity index (χ2n) is 2.50. The van der Waals surface area contributed by atoms with Gasteiger partial charge in [0.15, 0.2) is 0 Å². The van der Waals surface area contributed by atoms with Crippen molar-refractivity contribution in [3.63, 3.8) is 0 Å². The molecule has 0 fully saturated rings. The van der Waals surface area contributed by atoms with Crippen molar-refractivity contribution in [1.82, 2.24) is 0 Å². The highest BCUT2D eigenvalue weighted by Gasteiger charge is 2.11. The van der Waals surface area contributed by atoms with Gasteiger partial charge in [0.1, 0.15) is 0 Å². The Balaban J connectivity index is 2.45. The summed E-state index contributed by atoms with van der Waals surface area (Å²) < 4.78 is 0. The average Bonchev–Trinajstić information content (AvgIpc) is 1.91. The first kappa shape index (κ1) is 4.89. The van der Waals surface area contributed by atoms with Gasteiger partial charge in [0.25, 0.3) is 0 Å². The predicted molar refractivity (Wildman–Crippen MR) is 32.1 cm³/mol. The largest absolute Gasteiger partial charge is 0.0880 e. The van der Waals surface area contributed by atoms with Crippen LogP contribution in [-0.2, 0) is 0 Å². The smallest absolute Gasteiger partial charge is 0.0233 e. The first-order valence-electron chi connectivity index (χ1n) is 2.97. The van der Waals surface area contributed by atoms with E-state index in [0.717, 1.165) is 11.8 Å². The zero-order chi connectivity index (χ0) is 5.28.